The zero-order valence-corrected chi connectivity index (χ0v) is 36.9. The standard InChI is InChI=1S/C45H73FN2O11/c1-10-18-57-36-23-30(15-16-32(36)47)19-27(5)40-29(7)34(49)24-35(50)31(11-2)20-25(3)39(46)26(4)21-37(55-8)41-38(56-9)22-28(6)45(54,59-41)42(51)43(52)48-17-13-12-14-33(48)44(53)58-40/h19-20,26,28-34,36-41,49,54H,10-18,21-24,47H2,1-9H3. The average Bonchev–Trinajstić information content (AvgIpc) is 3.22. The molecule has 3 fully saturated rings. The largest absolute Gasteiger partial charge is 0.456 e. The number of nitrogens with zero attached hydrogens (tertiary/aromatic N) is 1. The maximum atomic E-state index is 16.2. The van der Waals surface area contributed by atoms with Crippen molar-refractivity contribution in [3.8, 4) is 0 Å². The summed E-state index contributed by atoms with van der Waals surface area (Å²) in [5.74, 6) is -8.89. The number of hydrogen-bond acceptors (Lipinski definition) is 12. The second-order valence-electron chi connectivity index (χ2n) is 17.9. The van der Waals surface area contributed by atoms with Gasteiger partial charge in [-0.3, -0.25) is 14.4 Å². The SMILES string of the molecule is CCCOC1CC(C=C(C)C2OC(=O)C3CCCCN3C(=O)C(=O)C3(O)OC(C(OC)CC(C)C(F)C(C)=CC(CC)C(=O)CC(O)C2C)C(OC)CC3C)CCC1N. The highest BCUT2D eigenvalue weighted by Crippen LogP contribution is 2.39. The van der Waals surface area contributed by atoms with Gasteiger partial charge in [0.15, 0.2) is 0 Å². The lowest BCUT2D eigenvalue weighted by molar-refractivity contribution is -0.302. The number of hydrogen-bond donors (Lipinski definition) is 3. The number of ether oxygens (including phenoxy) is 5. The average molecular weight is 837 g/mol. The highest BCUT2D eigenvalue weighted by Gasteiger charge is 2.57. The van der Waals surface area contributed by atoms with Crippen LogP contribution >= 0.6 is 0 Å². The normalized spacial score (nSPS) is 40.5. The van der Waals surface area contributed by atoms with E-state index in [0.717, 1.165) is 24.2 Å². The number of nitrogens with two attached hydrogens (primary N) is 1. The maximum Gasteiger partial charge on any atom is 0.329 e. The van der Waals surface area contributed by atoms with Crippen LogP contribution in [0.5, 0.6) is 0 Å². The fourth-order valence-electron chi connectivity index (χ4n) is 9.54. The van der Waals surface area contributed by atoms with Crippen LogP contribution in [0.3, 0.4) is 0 Å². The van der Waals surface area contributed by atoms with Crippen LogP contribution in [-0.2, 0) is 42.9 Å². The van der Waals surface area contributed by atoms with Gasteiger partial charge in [0.1, 0.15) is 30.2 Å². The summed E-state index contributed by atoms with van der Waals surface area (Å²) in [5, 5.41) is 23.7. The number of Topliss-reactive ketones (excluding diaryl/α,β-unsaturated/α-hetero) is 2. The smallest absolute Gasteiger partial charge is 0.329 e. The number of alkyl halides is 1. The molecule has 3 aliphatic heterocycles. The van der Waals surface area contributed by atoms with Gasteiger partial charge in [0, 0.05) is 57.6 Å². The van der Waals surface area contributed by atoms with Crippen molar-refractivity contribution in [1.82, 2.24) is 4.90 Å². The highest BCUT2D eigenvalue weighted by atomic mass is 19.1. The third-order valence-corrected chi connectivity index (χ3v) is 13.4. The van der Waals surface area contributed by atoms with Crippen LogP contribution in [0, 0.1) is 29.6 Å². The van der Waals surface area contributed by atoms with Gasteiger partial charge >= 0.3 is 5.97 Å². The van der Waals surface area contributed by atoms with Crippen molar-refractivity contribution >= 4 is 23.4 Å². The fraction of sp³-hybridized carbons (Fsp3) is 0.822. The number of piperidine rings is 1. The van der Waals surface area contributed by atoms with E-state index in [1.54, 1.807) is 33.8 Å². The van der Waals surface area contributed by atoms with Crippen molar-refractivity contribution in [3.05, 3.63) is 23.3 Å². The first kappa shape index (κ1) is 49.1. The van der Waals surface area contributed by atoms with Crippen LogP contribution in [0.1, 0.15) is 119 Å². The summed E-state index contributed by atoms with van der Waals surface area (Å²) in [7, 11) is 2.89. The van der Waals surface area contributed by atoms with Crippen molar-refractivity contribution in [2.75, 3.05) is 27.4 Å². The van der Waals surface area contributed by atoms with Gasteiger partial charge in [0.2, 0.25) is 5.79 Å². The summed E-state index contributed by atoms with van der Waals surface area (Å²) in [6.07, 6.45) is 1.88. The number of esters is 1. The van der Waals surface area contributed by atoms with Crippen LogP contribution in [0.25, 0.3) is 0 Å². The summed E-state index contributed by atoms with van der Waals surface area (Å²) in [6.45, 7) is 13.0. The molecule has 0 radical (unpaired) electrons. The molecule has 4 N–H and O–H groups in total. The lowest BCUT2D eigenvalue weighted by Gasteiger charge is -2.47. The molecule has 4 rings (SSSR count). The number of cyclic esters (lactones) is 1. The molecule has 0 aromatic rings. The molecule has 13 nitrogen and oxygen atoms in total. The molecule has 14 heteroatoms. The first-order chi connectivity index (χ1) is 27.9. The van der Waals surface area contributed by atoms with Crippen LogP contribution in [0.4, 0.5) is 4.39 Å². The Morgan fingerprint density at radius 1 is 1.02 bits per heavy atom. The minimum absolute atomic E-state index is 0.0444. The van der Waals surface area contributed by atoms with Crippen molar-refractivity contribution in [1.29, 1.82) is 0 Å². The quantitative estimate of drug-likeness (QED) is 0.166. The minimum atomic E-state index is -2.59. The monoisotopic (exact) mass is 837 g/mol. The molecule has 4 aliphatic rings. The van der Waals surface area contributed by atoms with Gasteiger partial charge in [-0.05, 0) is 101 Å². The molecular formula is C45H73FN2O11. The van der Waals surface area contributed by atoms with Crippen molar-refractivity contribution in [2.24, 2.45) is 35.3 Å². The second kappa shape index (κ2) is 22.0. The zero-order valence-electron chi connectivity index (χ0n) is 36.9. The van der Waals surface area contributed by atoms with Crippen molar-refractivity contribution < 1.29 is 57.5 Å². The molecule has 1 aliphatic carbocycles. The first-order valence-corrected chi connectivity index (χ1v) is 22.0. The third kappa shape index (κ3) is 11.7. The molecule has 1 amide bonds. The molecule has 2 bridgehead atoms. The van der Waals surface area contributed by atoms with E-state index in [9.17, 15) is 29.4 Å². The molecule has 15 atom stereocenters. The maximum absolute atomic E-state index is 16.2. The molecule has 3 heterocycles. The zero-order chi connectivity index (χ0) is 43.8. The number of carbonyl (C=O) groups is 4. The van der Waals surface area contributed by atoms with E-state index in [4.69, 9.17) is 29.4 Å². The number of carbonyl (C=O) groups excluding carboxylic acids is 4. The number of methoxy groups -OCH3 is 2. The van der Waals surface area contributed by atoms with E-state index in [0.29, 0.717) is 43.4 Å². The molecule has 0 aromatic carbocycles. The lowest BCUT2D eigenvalue weighted by atomic mass is 9.81. The van der Waals surface area contributed by atoms with Gasteiger partial charge in [-0.2, -0.15) is 0 Å². The topological polar surface area (TPSA) is 184 Å². The predicted octanol–water partition coefficient (Wildman–Crippen LogP) is 5.17. The Bertz CT molecular complexity index is 1510. The number of rotatable bonds is 8. The summed E-state index contributed by atoms with van der Waals surface area (Å²) in [5.41, 5.74) is 7.42. The molecule has 0 aromatic heterocycles. The van der Waals surface area contributed by atoms with E-state index in [1.165, 1.54) is 14.2 Å². The summed E-state index contributed by atoms with van der Waals surface area (Å²) < 4.78 is 46.3. The number of amides is 1. The number of aliphatic hydroxyl groups excluding tert-OH is 1. The van der Waals surface area contributed by atoms with Crippen LogP contribution in [-0.4, -0.2) is 127 Å². The van der Waals surface area contributed by atoms with E-state index in [2.05, 4.69) is 0 Å². The Morgan fingerprint density at radius 2 is 1.69 bits per heavy atom. The van der Waals surface area contributed by atoms with Crippen LogP contribution in [0.2, 0.25) is 0 Å². The Hall–Kier alpha value is -2.59. The highest BCUT2D eigenvalue weighted by molar-refractivity contribution is 6.39. The Kier molecular flexibility index (Phi) is 18.3. The minimum Gasteiger partial charge on any atom is -0.456 e. The molecule has 1 saturated carbocycles. The number of ketones is 2. The number of halogens is 1. The van der Waals surface area contributed by atoms with Crippen molar-refractivity contribution in [2.45, 2.75) is 180 Å². The predicted molar refractivity (Wildman–Crippen MR) is 220 cm³/mol. The Labute approximate surface area is 350 Å². The van der Waals surface area contributed by atoms with Gasteiger partial charge in [-0.1, -0.05) is 46.8 Å². The van der Waals surface area contributed by atoms with Gasteiger partial charge in [0.05, 0.1) is 24.4 Å². The number of aliphatic hydroxyl groups is 2. The van der Waals surface area contributed by atoms with E-state index in [1.807, 2.05) is 26.8 Å². The van der Waals surface area contributed by atoms with Gasteiger partial charge in [-0.25, -0.2) is 9.18 Å². The molecule has 2 saturated heterocycles. The molecule has 15 unspecified atom stereocenters. The fourth-order valence-corrected chi connectivity index (χ4v) is 9.54. The Balaban J connectivity index is 1.78. The summed E-state index contributed by atoms with van der Waals surface area (Å²) in [6, 6.07) is -1.26. The second-order valence-corrected chi connectivity index (χ2v) is 17.9. The summed E-state index contributed by atoms with van der Waals surface area (Å²) >= 11 is 0. The Morgan fingerprint density at radius 3 is 2.34 bits per heavy atom. The van der Waals surface area contributed by atoms with Gasteiger partial charge in [0.25, 0.3) is 11.7 Å². The van der Waals surface area contributed by atoms with Crippen molar-refractivity contribution in [3.63, 3.8) is 0 Å². The van der Waals surface area contributed by atoms with E-state index < -0.39 is 89.9 Å². The van der Waals surface area contributed by atoms with E-state index >= 15 is 4.39 Å². The first-order valence-electron chi connectivity index (χ1n) is 22.0. The summed E-state index contributed by atoms with van der Waals surface area (Å²) in [4.78, 5) is 57.8. The van der Waals surface area contributed by atoms with Crippen LogP contribution < -0.4 is 5.73 Å². The number of fused-ring (bicyclic) bond motifs is 3. The molecule has 336 valence electrons. The van der Waals surface area contributed by atoms with Crippen LogP contribution in [0.15, 0.2) is 23.3 Å². The van der Waals surface area contributed by atoms with Gasteiger partial charge in [-0.15, -0.1) is 0 Å². The van der Waals surface area contributed by atoms with E-state index in [-0.39, 0.29) is 56.1 Å². The van der Waals surface area contributed by atoms with Gasteiger partial charge < -0.3 is 44.5 Å². The third-order valence-electron chi connectivity index (χ3n) is 13.4. The number of allylic oxidation sites excluding steroid dienone is 3. The molecule has 0 spiro atoms. The molecule has 59 heavy (non-hydrogen) atoms. The molecular weight excluding hydrogens is 763 g/mol. The lowest BCUT2D eigenvalue weighted by Crippen LogP contribution is -2.64.